The van der Waals surface area contributed by atoms with Gasteiger partial charge in [0.25, 0.3) is 0 Å². The Morgan fingerprint density at radius 2 is 1.89 bits per heavy atom. The average molecular weight is 287 g/mol. The third-order valence-electron chi connectivity index (χ3n) is 2.87. The summed E-state index contributed by atoms with van der Waals surface area (Å²) in [6, 6.07) is 7.33. The summed E-state index contributed by atoms with van der Waals surface area (Å²) in [6.45, 7) is 3.08. The van der Waals surface area contributed by atoms with E-state index >= 15 is 0 Å². The van der Waals surface area contributed by atoms with Crippen LogP contribution in [0.3, 0.4) is 0 Å². The first-order valence-corrected chi connectivity index (χ1v) is 5.97. The molecule has 1 saturated heterocycles. The van der Waals surface area contributed by atoms with E-state index in [1.54, 1.807) is 7.11 Å². The summed E-state index contributed by atoms with van der Waals surface area (Å²) in [5.74, 6) is 0.697. The van der Waals surface area contributed by atoms with E-state index in [1.165, 1.54) is 6.92 Å². The number of hydrogen-bond acceptors (Lipinski definition) is 4. The second-order valence-corrected chi connectivity index (χ2v) is 4.29. The highest BCUT2D eigenvalue weighted by atomic mass is 35.5. The largest absolute Gasteiger partial charge is 0.486 e. The maximum Gasteiger partial charge on any atom is 0.221 e. The molecule has 0 aromatic heterocycles. The highest BCUT2D eigenvalue weighted by Gasteiger charge is 2.28. The number of benzene rings is 1. The lowest BCUT2D eigenvalue weighted by Gasteiger charge is -2.19. The molecule has 0 aliphatic carbocycles. The molecule has 2 unspecified atom stereocenters. The maximum absolute atomic E-state index is 10.9. The van der Waals surface area contributed by atoms with Crippen molar-refractivity contribution in [3.63, 3.8) is 0 Å². The zero-order chi connectivity index (χ0) is 13.0. The number of nitrogens with one attached hydrogen (secondary N) is 2. The van der Waals surface area contributed by atoms with E-state index < -0.39 is 0 Å². The zero-order valence-corrected chi connectivity index (χ0v) is 11.8. The molecule has 2 atom stereocenters. The van der Waals surface area contributed by atoms with E-state index in [-0.39, 0.29) is 30.5 Å². The molecular formula is C13H19ClN2O3. The van der Waals surface area contributed by atoms with Crippen molar-refractivity contribution in [3.8, 4) is 5.75 Å². The number of amides is 1. The van der Waals surface area contributed by atoms with Crippen molar-refractivity contribution >= 4 is 24.0 Å². The lowest BCUT2D eigenvalue weighted by molar-refractivity contribution is -0.114. The third-order valence-corrected chi connectivity index (χ3v) is 2.87. The number of ether oxygens (including phenoxy) is 2. The molecule has 1 amide bonds. The molecule has 1 aliphatic heterocycles. The highest BCUT2D eigenvalue weighted by Crippen LogP contribution is 2.19. The van der Waals surface area contributed by atoms with Crippen molar-refractivity contribution in [3.05, 3.63) is 24.3 Å². The Balaban J connectivity index is 0.00000180. The molecule has 1 aromatic carbocycles. The van der Waals surface area contributed by atoms with E-state index in [2.05, 4.69) is 10.6 Å². The van der Waals surface area contributed by atoms with E-state index in [9.17, 15) is 4.79 Å². The number of methoxy groups -OCH3 is 1. The molecule has 0 spiro atoms. The molecule has 1 heterocycles. The van der Waals surface area contributed by atoms with Crippen LogP contribution in [0.15, 0.2) is 24.3 Å². The van der Waals surface area contributed by atoms with Crippen molar-refractivity contribution in [2.75, 3.05) is 25.5 Å². The second kappa shape index (κ2) is 7.33. The molecule has 2 N–H and O–H groups in total. The van der Waals surface area contributed by atoms with Crippen LogP contribution in [-0.2, 0) is 9.53 Å². The lowest BCUT2D eigenvalue weighted by atomic mass is 10.2. The Hall–Kier alpha value is -1.30. The number of carbonyl (C=O) groups is 1. The van der Waals surface area contributed by atoms with Crippen LogP contribution in [0.2, 0.25) is 0 Å². The smallest absolute Gasteiger partial charge is 0.221 e. The van der Waals surface area contributed by atoms with Gasteiger partial charge < -0.3 is 20.1 Å². The van der Waals surface area contributed by atoms with Crippen LogP contribution in [0.4, 0.5) is 5.69 Å². The molecular weight excluding hydrogens is 268 g/mol. The predicted molar refractivity (Wildman–Crippen MR) is 76.1 cm³/mol. The van der Waals surface area contributed by atoms with Crippen LogP contribution in [0, 0.1) is 0 Å². The minimum atomic E-state index is -0.0805. The van der Waals surface area contributed by atoms with Gasteiger partial charge in [-0.15, -0.1) is 12.4 Å². The van der Waals surface area contributed by atoms with Crippen LogP contribution < -0.4 is 15.4 Å². The van der Waals surface area contributed by atoms with Crippen LogP contribution in [-0.4, -0.2) is 38.3 Å². The first-order valence-electron chi connectivity index (χ1n) is 5.97. The Morgan fingerprint density at radius 3 is 2.47 bits per heavy atom. The topological polar surface area (TPSA) is 59.6 Å². The minimum Gasteiger partial charge on any atom is -0.486 e. The van der Waals surface area contributed by atoms with E-state index in [4.69, 9.17) is 9.47 Å². The van der Waals surface area contributed by atoms with Crippen LogP contribution in [0.1, 0.15) is 6.92 Å². The lowest BCUT2D eigenvalue weighted by Crippen LogP contribution is -2.31. The zero-order valence-electron chi connectivity index (χ0n) is 11.0. The van der Waals surface area contributed by atoms with Gasteiger partial charge >= 0.3 is 0 Å². The molecule has 1 aromatic rings. The van der Waals surface area contributed by atoms with Crippen molar-refractivity contribution in [2.45, 2.75) is 19.1 Å². The van der Waals surface area contributed by atoms with Crippen LogP contribution >= 0.6 is 12.4 Å². The van der Waals surface area contributed by atoms with Gasteiger partial charge in [0, 0.05) is 32.8 Å². The maximum atomic E-state index is 10.9. The normalized spacial score (nSPS) is 21.6. The average Bonchev–Trinajstić information content (AvgIpc) is 2.78. The first-order chi connectivity index (χ1) is 8.69. The number of carbonyl (C=O) groups excluding carboxylic acids is 1. The highest BCUT2D eigenvalue weighted by molar-refractivity contribution is 5.88. The summed E-state index contributed by atoms with van der Waals surface area (Å²) in [7, 11) is 1.69. The standard InChI is InChI=1S/C13H18N2O3.ClH/c1-9(16)15-10-3-5-11(6-4-10)18-13-8-14-7-12(13)17-2;/h3-6,12-14H,7-8H2,1-2H3,(H,15,16);1H. The number of hydrogen-bond donors (Lipinski definition) is 2. The summed E-state index contributed by atoms with van der Waals surface area (Å²) in [6.07, 6.45) is 0.113. The van der Waals surface area contributed by atoms with E-state index in [1.807, 2.05) is 24.3 Å². The molecule has 1 fully saturated rings. The van der Waals surface area contributed by atoms with Gasteiger partial charge in [-0.25, -0.2) is 0 Å². The summed E-state index contributed by atoms with van der Waals surface area (Å²) in [5.41, 5.74) is 0.766. The Kier molecular flexibility index (Phi) is 6.08. The third kappa shape index (κ3) is 4.38. The Bertz CT molecular complexity index is 411. The Labute approximate surface area is 119 Å². The molecule has 2 rings (SSSR count). The summed E-state index contributed by atoms with van der Waals surface area (Å²) < 4.78 is 11.2. The monoisotopic (exact) mass is 286 g/mol. The molecule has 1 aliphatic rings. The Morgan fingerprint density at radius 1 is 1.26 bits per heavy atom. The first kappa shape index (κ1) is 15.8. The van der Waals surface area contributed by atoms with Crippen molar-refractivity contribution < 1.29 is 14.3 Å². The van der Waals surface area contributed by atoms with Gasteiger partial charge in [-0.2, -0.15) is 0 Å². The molecule has 0 radical (unpaired) electrons. The van der Waals surface area contributed by atoms with Crippen molar-refractivity contribution in [1.29, 1.82) is 0 Å². The van der Waals surface area contributed by atoms with Gasteiger partial charge in [-0.1, -0.05) is 0 Å². The number of halogens is 1. The molecule has 0 saturated carbocycles. The van der Waals surface area contributed by atoms with Crippen LogP contribution in [0.25, 0.3) is 0 Å². The molecule has 0 bridgehead atoms. The van der Waals surface area contributed by atoms with Gasteiger partial charge in [-0.05, 0) is 24.3 Å². The SMILES string of the molecule is COC1CNCC1Oc1ccc(NC(C)=O)cc1.Cl. The fraction of sp³-hybridized carbons (Fsp3) is 0.462. The minimum absolute atomic E-state index is 0. The summed E-state index contributed by atoms with van der Waals surface area (Å²) >= 11 is 0. The molecule has 106 valence electrons. The van der Waals surface area contributed by atoms with Gasteiger partial charge in [0.05, 0.1) is 0 Å². The van der Waals surface area contributed by atoms with Gasteiger partial charge in [0.15, 0.2) is 0 Å². The fourth-order valence-corrected chi connectivity index (χ4v) is 1.98. The van der Waals surface area contributed by atoms with E-state index in [0.29, 0.717) is 0 Å². The van der Waals surface area contributed by atoms with Crippen molar-refractivity contribution in [1.82, 2.24) is 5.32 Å². The van der Waals surface area contributed by atoms with Crippen LogP contribution in [0.5, 0.6) is 5.75 Å². The van der Waals surface area contributed by atoms with Gasteiger partial charge in [-0.3, -0.25) is 4.79 Å². The molecule has 5 nitrogen and oxygen atoms in total. The van der Waals surface area contributed by atoms with Gasteiger partial charge in [0.2, 0.25) is 5.91 Å². The summed E-state index contributed by atoms with van der Waals surface area (Å²) in [5, 5.41) is 5.94. The summed E-state index contributed by atoms with van der Waals surface area (Å²) in [4.78, 5) is 10.9. The number of anilines is 1. The van der Waals surface area contributed by atoms with Gasteiger partial charge in [0.1, 0.15) is 18.0 Å². The van der Waals surface area contributed by atoms with E-state index in [0.717, 1.165) is 24.5 Å². The van der Waals surface area contributed by atoms with Crippen molar-refractivity contribution in [2.24, 2.45) is 0 Å². The quantitative estimate of drug-likeness (QED) is 0.879. The second-order valence-electron chi connectivity index (χ2n) is 4.29. The fourth-order valence-electron chi connectivity index (χ4n) is 1.98. The number of rotatable bonds is 4. The predicted octanol–water partition coefficient (Wildman–Crippen LogP) is 1.43. The molecule has 19 heavy (non-hydrogen) atoms. The molecule has 6 heteroatoms.